The maximum absolute atomic E-state index is 12.0. The van der Waals surface area contributed by atoms with Crippen molar-refractivity contribution in [2.75, 3.05) is 12.4 Å². The Balaban J connectivity index is 1.97. The Bertz CT molecular complexity index is 747. The van der Waals surface area contributed by atoms with Crippen LogP contribution >= 0.6 is 23.8 Å². The molecule has 0 saturated heterocycles. The van der Waals surface area contributed by atoms with E-state index in [2.05, 4.69) is 15.4 Å². The summed E-state index contributed by atoms with van der Waals surface area (Å²) in [7, 11) is 1.31. The number of methoxy groups -OCH3 is 1. The van der Waals surface area contributed by atoms with Crippen molar-refractivity contribution in [3.05, 3.63) is 64.7 Å². The van der Waals surface area contributed by atoms with Crippen LogP contribution in [-0.4, -0.2) is 24.1 Å². The maximum atomic E-state index is 12.0. The summed E-state index contributed by atoms with van der Waals surface area (Å²) in [6.07, 6.45) is 0. The topological polar surface area (TPSA) is 67.4 Å². The zero-order valence-corrected chi connectivity index (χ0v) is 13.7. The van der Waals surface area contributed by atoms with Crippen LogP contribution in [0.3, 0.4) is 0 Å². The first kappa shape index (κ1) is 16.9. The van der Waals surface area contributed by atoms with Gasteiger partial charge in [-0.3, -0.25) is 10.1 Å². The minimum atomic E-state index is -0.423. The molecule has 2 rings (SSSR count). The number of anilines is 1. The molecule has 2 N–H and O–H groups in total. The highest BCUT2D eigenvalue weighted by Gasteiger charge is 2.09. The van der Waals surface area contributed by atoms with Gasteiger partial charge in [-0.05, 0) is 54.7 Å². The van der Waals surface area contributed by atoms with E-state index in [9.17, 15) is 9.59 Å². The lowest BCUT2D eigenvalue weighted by molar-refractivity contribution is 0.0600. The molecule has 0 fully saturated rings. The van der Waals surface area contributed by atoms with Crippen LogP contribution in [0.2, 0.25) is 5.02 Å². The van der Waals surface area contributed by atoms with Crippen molar-refractivity contribution in [2.45, 2.75) is 0 Å². The van der Waals surface area contributed by atoms with E-state index in [-0.39, 0.29) is 11.0 Å². The molecule has 0 heterocycles. The smallest absolute Gasteiger partial charge is 0.337 e. The zero-order valence-electron chi connectivity index (χ0n) is 12.1. The second-order valence-electron chi connectivity index (χ2n) is 4.49. The average Bonchev–Trinajstić information content (AvgIpc) is 2.54. The highest BCUT2D eigenvalue weighted by Crippen LogP contribution is 2.12. The van der Waals surface area contributed by atoms with Crippen molar-refractivity contribution in [2.24, 2.45) is 0 Å². The van der Waals surface area contributed by atoms with E-state index >= 15 is 0 Å². The van der Waals surface area contributed by atoms with Crippen LogP contribution in [0, 0.1) is 0 Å². The minimum Gasteiger partial charge on any atom is -0.465 e. The number of hydrogen-bond donors (Lipinski definition) is 2. The Morgan fingerprint density at radius 1 is 1.09 bits per heavy atom. The van der Waals surface area contributed by atoms with E-state index in [1.807, 2.05) is 0 Å². The molecule has 5 nitrogen and oxygen atoms in total. The molecule has 0 aromatic heterocycles. The Morgan fingerprint density at radius 2 is 1.78 bits per heavy atom. The van der Waals surface area contributed by atoms with Crippen molar-refractivity contribution in [1.82, 2.24) is 5.32 Å². The van der Waals surface area contributed by atoms with Crippen LogP contribution in [0.4, 0.5) is 5.69 Å². The molecule has 0 saturated carbocycles. The van der Waals surface area contributed by atoms with Gasteiger partial charge in [-0.1, -0.05) is 17.7 Å². The van der Waals surface area contributed by atoms with Gasteiger partial charge in [-0.15, -0.1) is 0 Å². The summed E-state index contributed by atoms with van der Waals surface area (Å²) >= 11 is 10.9. The average molecular weight is 349 g/mol. The molecule has 23 heavy (non-hydrogen) atoms. The van der Waals surface area contributed by atoms with Crippen LogP contribution in [0.1, 0.15) is 20.7 Å². The molecule has 0 spiro atoms. The predicted molar refractivity (Wildman–Crippen MR) is 92.9 cm³/mol. The molecule has 2 aromatic carbocycles. The summed E-state index contributed by atoms with van der Waals surface area (Å²) in [5, 5.41) is 6.01. The first-order valence-corrected chi connectivity index (χ1v) is 7.34. The summed E-state index contributed by atoms with van der Waals surface area (Å²) in [5.41, 5.74) is 1.46. The van der Waals surface area contributed by atoms with E-state index in [4.69, 9.17) is 23.8 Å². The number of rotatable bonds is 3. The fourth-order valence-electron chi connectivity index (χ4n) is 1.77. The van der Waals surface area contributed by atoms with Crippen LogP contribution in [-0.2, 0) is 4.74 Å². The number of hydrogen-bond acceptors (Lipinski definition) is 4. The Hall–Kier alpha value is -2.44. The standard InChI is InChI=1S/C16H13ClN2O3S/c1-22-15(21)10-5-7-13(8-6-10)18-16(23)19-14(20)11-3-2-4-12(17)9-11/h2-9H,1H3,(H2,18,19,20,23). The molecule has 0 atom stereocenters. The van der Waals surface area contributed by atoms with Gasteiger partial charge in [0.05, 0.1) is 12.7 Å². The highest BCUT2D eigenvalue weighted by molar-refractivity contribution is 7.80. The first-order chi connectivity index (χ1) is 11.0. The number of carbonyl (C=O) groups excluding carboxylic acids is 2. The fourth-order valence-corrected chi connectivity index (χ4v) is 2.18. The third-order valence-corrected chi connectivity index (χ3v) is 3.32. The van der Waals surface area contributed by atoms with Crippen molar-refractivity contribution >= 4 is 46.5 Å². The third-order valence-electron chi connectivity index (χ3n) is 2.88. The van der Waals surface area contributed by atoms with Gasteiger partial charge in [0, 0.05) is 16.3 Å². The largest absolute Gasteiger partial charge is 0.465 e. The van der Waals surface area contributed by atoms with E-state index in [1.165, 1.54) is 7.11 Å². The lowest BCUT2D eigenvalue weighted by atomic mass is 10.2. The number of nitrogens with one attached hydrogen (secondary N) is 2. The molecule has 118 valence electrons. The van der Waals surface area contributed by atoms with Crippen molar-refractivity contribution in [1.29, 1.82) is 0 Å². The lowest BCUT2D eigenvalue weighted by Gasteiger charge is -2.10. The van der Waals surface area contributed by atoms with Gasteiger partial charge in [0.15, 0.2) is 5.11 Å². The number of benzene rings is 2. The second-order valence-corrected chi connectivity index (χ2v) is 5.33. The van der Waals surface area contributed by atoms with E-state index in [0.29, 0.717) is 21.8 Å². The summed E-state index contributed by atoms with van der Waals surface area (Å²) in [6, 6.07) is 13.0. The summed E-state index contributed by atoms with van der Waals surface area (Å²) in [4.78, 5) is 23.4. The number of carbonyl (C=O) groups is 2. The summed E-state index contributed by atoms with van der Waals surface area (Å²) < 4.78 is 4.62. The number of amides is 1. The number of halogens is 1. The molecular formula is C16H13ClN2O3S. The molecule has 1 amide bonds. The number of esters is 1. The molecule has 0 aliphatic carbocycles. The fraction of sp³-hybridized carbons (Fsp3) is 0.0625. The van der Waals surface area contributed by atoms with Gasteiger partial charge in [-0.25, -0.2) is 4.79 Å². The summed E-state index contributed by atoms with van der Waals surface area (Å²) in [5.74, 6) is -0.787. The van der Waals surface area contributed by atoms with E-state index in [1.54, 1.807) is 48.5 Å². The quantitative estimate of drug-likeness (QED) is 0.658. The zero-order chi connectivity index (χ0) is 16.8. The summed E-state index contributed by atoms with van der Waals surface area (Å²) in [6.45, 7) is 0. The van der Waals surface area contributed by atoms with E-state index in [0.717, 1.165) is 0 Å². The SMILES string of the molecule is COC(=O)c1ccc(NC(=S)NC(=O)c2cccc(Cl)c2)cc1. The van der Waals surface area contributed by atoms with Crippen molar-refractivity contribution in [3.63, 3.8) is 0 Å². The Kier molecular flexibility index (Phi) is 5.67. The van der Waals surface area contributed by atoms with Gasteiger partial charge >= 0.3 is 5.97 Å². The Morgan fingerprint density at radius 3 is 2.39 bits per heavy atom. The van der Waals surface area contributed by atoms with Crippen LogP contribution in [0.25, 0.3) is 0 Å². The van der Waals surface area contributed by atoms with Gasteiger partial charge in [0.1, 0.15) is 0 Å². The molecule has 0 aliphatic rings. The Labute approximate surface area is 143 Å². The normalized spacial score (nSPS) is 9.83. The maximum Gasteiger partial charge on any atom is 0.337 e. The van der Waals surface area contributed by atoms with Crippen LogP contribution in [0.5, 0.6) is 0 Å². The molecule has 2 aromatic rings. The van der Waals surface area contributed by atoms with Gasteiger partial charge < -0.3 is 10.1 Å². The lowest BCUT2D eigenvalue weighted by Crippen LogP contribution is -2.34. The van der Waals surface area contributed by atoms with Crippen molar-refractivity contribution in [3.8, 4) is 0 Å². The van der Waals surface area contributed by atoms with Crippen LogP contribution < -0.4 is 10.6 Å². The minimum absolute atomic E-state index is 0.140. The second kappa shape index (κ2) is 7.71. The molecule has 7 heteroatoms. The first-order valence-electron chi connectivity index (χ1n) is 6.56. The van der Waals surface area contributed by atoms with Gasteiger partial charge in [-0.2, -0.15) is 0 Å². The van der Waals surface area contributed by atoms with Gasteiger partial charge in [0.2, 0.25) is 0 Å². The molecular weight excluding hydrogens is 336 g/mol. The predicted octanol–water partition coefficient (Wildman–Crippen LogP) is 3.25. The van der Waals surface area contributed by atoms with E-state index < -0.39 is 5.97 Å². The van der Waals surface area contributed by atoms with Gasteiger partial charge in [0.25, 0.3) is 5.91 Å². The third kappa shape index (κ3) is 4.77. The van der Waals surface area contributed by atoms with Crippen molar-refractivity contribution < 1.29 is 14.3 Å². The molecule has 0 radical (unpaired) electrons. The molecule has 0 aliphatic heterocycles. The monoisotopic (exact) mass is 348 g/mol. The van der Waals surface area contributed by atoms with Crippen LogP contribution in [0.15, 0.2) is 48.5 Å². The molecule has 0 unspecified atom stereocenters. The number of ether oxygens (including phenoxy) is 1. The number of thiocarbonyl (C=S) groups is 1. The highest BCUT2D eigenvalue weighted by atomic mass is 35.5. The molecule has 0 bridgehead atoms.